The number of nitrogens with one attached hydrogen (secondary N) is 1. The first-order valence-corrected chi connectivity index (χ1v) is 6.83. The third-order valence-electron chi connectivity index (χ3n) is 2.65. The topological polar surface area (TPSA) is 56.8 Å². The number of amides is 1. The number of ether oxygens (including phenoxy) is 3. The fourth-order valence-corrected chi connectivity index (χ4v) is 1.77. The Labute approximate surface area is 136 Å². The summed E-state index contributed by atoms with van der Waals surface area (Å²) < 4.78 is 62.4. The van der Waals surface area contributed by atoms with Crippen molar-refractivity contribution in [2.45, 2.75) is 26.2 Å². The van der Waals surface area contributed by atoms with Crippen LogP contribution in [0.15, 0.2) is 24.3 Å². The molecule has 0 aliphatic rings. The average molecular weight is 351 g/mol. The molecule has 0 aliphatic heterocycles. The molecule has 0 bridgehead atoms. The minimum absolute atomic E-state index is 0.103. The highest BCUT2D eigenvalue weighted by molar-refractivity contribution is 5.92. The van der Waals surface area contributed by atoms with Gasteiger partial charge in [0.25, 0.3) is 0 Å². The molecular weight excluding hydrogens is 334 g/mol. The van der Waals surface area contributed by atoms with E-state index in [4.69, 9.17) is 4.74 Å². The van der Waals surface area contributed by atoms with Crippen molar-refractivity contribution in [2.24, 2.45) is 0 Å². The van der Waals surface area contributed by atoms with E-state index in [0.29, 0.717) is 6.61 Å². The highest BCUT2D eigenvalue weighted by atomic mass is 19.3. The van der Waals surface area contributed by atoms with E-state index in [2.05, 4.69) is 14.8 Å². The van der Waals surface area contributed by atoms with Crippen LogP contribution in [0.3, 0.4) is 0 Å². The fraction of sp³-hybridized carbons (Fsp3) is 0.400. The molecular formula is C15H17F4NO4. The minimum Gasteiger partial charge on any atom is -0.435 e. The van der Waals surface area contributed by atoms with Gasteiger partial charge in [0.1, 0.15) is 11.5 Å². The second kappa shape index (κ2) is 9.76. The van der Waals surface area contributed by atoms with E-state index in [1.54, 1.807) is 6.92 Å². The van der Waals surface area contributed by atoms with Gasteiger partial charge < -0.3 is 19.5 Å². The van der Waals surface area contributed by atoms with E-state index in [9.17, 15) is 22.4 Å². The van der Waals surface area contributed by atoms with Crippen molar-refractivity contribution in [1.82, 2.24) is 5.32 Å². The summed E-state index contributed by atoms with van der Waals surface area (Å²) in [5, 5.41) is 2.59. The minimum atomic E-state index is -3.16. The van der Waals surface area contributed by atoms with Gasteiger partial charge in [0.2, 0.25) is 5.91 Å². The Morgan fingerprint density at radius 2 is 1.88 bits per heavy atom. The summed E-state index contributed by atoms with van der Waals surface area (Å²) in [5.41, 5.74) is 0.103. The van der Waals surface area contributed by atoms with Gasteiger partial charge in [-0.05, 0) is 25.1 Å². The standard InChI is InChI=1S/C15H17F4NO4/c1-9(8-22-2)20-13(21)6-4-10-3-5-11(23-14(16)17)7-12(10)24-15(18)19/h3-7,9,14-15H,8H2,1-2H3,(H,20,21)/b6-4+. The summed E-state index contributed by atoms with van der Waals surface area (Å²) >= 11 is 0. The van der Waals surface area contributed by atoms with Gasteiger partial charge in [0.05, 0.1) is 6.61 Å². The molecule has 24 heavy (non-hydrogen) atoms. The molecule has 134 valence electrons. The summed E-state index contributed by atoms with van der Waals surface area (Å²) in [6.07, 6.45) is 2.33. The Hall–Kier alpha value is -2.29. The van der Waals surface area contributed by atoms with E-state index in [1.165, 1.54) is 19.3 Å². The van der Waals surface area contributed by atoms with Crippen molar-refractivity contribution in [3.63, 3.8) is 0 Å². The number of hydrogen-bond donors (Lipinski definition) is 1. The SMILES string of the molecule is COCC(C)NC(=O)/C=C/c1ccc(OC(F)F)cc1OC(F)F. The largest absolute Gasteiger partial charge is 0.435 e. The number of hydrogen-bond acceptors (Lipinski definition) is 4. The number of benzene rings is 1. The van der Waals surface area contributed by atoms with Gasteiger partial charge in [0.15, 0.2) is 0 Å². The number of methoxy groups -OCH3 is 1. The fourth-order valence-electron chi connectivity index (χ4n) is 1.77. The lowest BCUT2D eigenvalue weighted by molar-refractivity contribution is -0.117. The first kappa shape index (κ1) is 19.8. The zero-order chi connectivity index (χ0) is 18.1. The van der Waals surface area contributed by atoms with Crippen molar-refractivity contribution in [2.75, 3.05) is 13.7 Å². The lowest BCUT2D eigenvalue weighted by Crippen LogP contribution is -2.34. The Morgan fingerprint density at radius 3 is 2.46 bits per heavy atom. The Kier molecular flexibility index (Phi) is 8.03. The van der Waals surface area contributed by atoms with Crippen molar-refractivity contribution in [1.29, 1.82) is 0 Å². The first-order valence-electron chi connectivity index (χ1n) is 6.83. The van der Waals surface area contributed by atoms with Crippen LogP contribution in [0.5, 0.6) is 11.5 Å². The van der Waals surface area contributed by atoms with E-state index in [1.807, 2.05) is 0 Å². The zero-order valence-electron chi connectivity index (χ0n) is 13.0. The van der Waals surface area contributed by atoms with E-state index >= 15 is 0 Å². The molecule has 1 aromatic rings. The molecule has 1 aromatic carbocycles. The molecule has 1 N–H and O–H groups in total. The van der Waals surface area contributed by atoms with E-state index in [-0.39, 0.29) is 17.4 Å². The van der Waals surface area contributed by atoms with E-state index < -0.39 is 24.9 Å². The predicted octanol–water partition coefficient (Wildman–Crippen LogP) is 3.05. The number of carbonyl (C=O) groups excluding carboxylic acids is 1. The van der Waals surface area contributed by atoms with Crippen LogP contribution in [0, 0.1) is 0 Å². The number of alkyl halides is 4. The molecule has 0 fully saturated rings. The molecule has 0 spiro atoms. The van der Waals surface area contributed by atoms with E-state index in [0.717, 1.165) is 18.2 Å². The Morgan fingerprint density at radius 1 is 1.21 bits per heavy atom. The second-order valence-corrected chi connectivity index (χ2v) is 4.65. The van der Waals surface area contributed by atoms with Crippen LogP contribution in [0.1, 0.15) is 12.5 Å². The van der Waals surface area contributed by atoms with Gasteiger partial charge >= 0.3 is 13.2 Å². The third-order valence-corrected chi connectivity index (χ3v) is 2.65. The smallest absolute Gasteiger partial charge is 0.387 e. The van der Waals surface area contributed by atoms with Crippen LogP contribution < -0.4 is 14.8 Å². The predicted molar refractivity (Wildman–Crippen MR) is 78.2 cm³/mol. The van der Waals surface area contributed by atoms with Gasteiger partial charge in [-0.3, -0.25) is 4.79 Å². The van der Waals surface area contributed by atoms with Crippen molar-refractivity contribution in [3.05, 3.63) is 29.8 Å². The average Bonchev–Trinajstić information content (AvgIpc) is 2.45. The molecule has 0 aromatic heterocycles. The van der Waals surface area contributed by atoms with Crippen molar-refractivity contribution < 1.29 is 36.6 Å². The Balaban J connectivity index is 2.88. The molecule has 1 unspecified atom stereocenters. The van der Waals surface area contributed by atoms with Crippen LogP contribution in [0.2, 0.25) is 0 Å². The summed E-state index contributed by atoms with van der Waals surface area (Å²) in [6.45, 7) is -4.23. The molecule has 1 rings (SSSR count). The van der Waals surface area contributed by atoms with Crippen LogP contribution in [0.4, 0.5) is 17.6 Å². The van der Waals surface area contributed by atoms with Gasteiger partial charge in [0, 0.05) is 30.9 Å². The maximum atomic E-state index is 12.4. The summed E-state index contributed by atoms with van der Waals surface area (Å²) in [4.78, 5) is 11.7. The monoisotopic (exact) mass is 351 g/mol. The molecule has 0 radical (unpaired) electrons. The molecule has 5 nitrogen and oxygen atoms in total. The molecule has 0 saturated heterocycles. The molecule has 9 heteroatoms. The van der Waals surface area contributed by atoms with Gasteiger partial charge in [-0.1, -0.05) is 0 Å². The zero-order valence-corrected chi connectivity index (χ0v) is 13.0. The van der Waals surface area contributed by atoms with Crippen LogP contribution in [-0.2, 0) is 9.53 Å². The number of halogens is 4. The quantitative estimate of drug-likeness (QED) is 0.549. The third kappa shape index (κ3) is 7.32. The number of carbonyl (C=O) groups is 1. The molecule has 1 atom stereocenters. The summed E-state index contributed by atoms with van der Waals surface area (Å²) in [6, 6.07) is 3.02. The van der Waals surface area contributed by atoms with Gasteiger partial charge in [-0.25, -0.2) is 0 Å². The molecule has 0 saturated carbocycles. The second-order valence-electron chi connectivity index (χ2n) is 4.65. The lowest BCUT2D eigenvalue weighted by Gasteiger charge is -2.12. The van der Waals surface area contributed by atoms with Crippen molar-refractivity contribution >= 4 is 12.0 Å². The maximum absolute atomic E-state index is 12.4. The highest BCUT2D eigenvalue weighted by Crippen LogP contribution is 2.28. The highest BCUT2D eigenvalue weighted by Gasteiger charge is 2.12. The number of rotatable bonds is 9. The Bertz CT molecular complexity index is 566. The molecule has 0 heterocycles. The maximum Gasteiger partial charge on any atom is 0.387 e. The van der Waals surface area contributed by atoms with Crippen LogP contribution in [-0.4, -0.2) is 38.9 Å². The van der Waals surface area contributed by atoms with Gasteiger partial charge in [-0.2, -0.15) is 17.6 Å². The van der Waals surface area contributed by atoms with Crippen LogP contribution >= 0.6 is 0 Å². The first-order chi connectivity index (χ1) is 11.3. The van der Waals surface area contributed by atoms with Crippen LogP contribution in [0.25, 0.3) is 6.08 Å². The molecule has 1 amide bonds. The lowest BCUT2D eigenvalue weighted by atomic mass is 10.1. The van der Waals surface area contributed by atoms with Crippen molar-refractivity contribution in [3.8, 4) is 11.5 Å². The summed E-state index contributed by atoms with van der Waals surface area (Å²) in [5.74, 6) is -1.21. The molecule has 0 aliphatic carbocycles. The summed E-state index contributed by atoms with van der Waals surface area (Å²) in [7, 11) is 1.48. The van der Waals surface area contributed by atoms with Gasteiger partial charge in [-0.15, -0.1) is 0 Å². The normalized spacial score (nSPS) is 12.7.